The van der Waals surface area contributed by atoms with Crippen molar-refractivity contribution >= 4 is 0 Å². The first-order chi connectivity index (χ1) is 8.79. The molecule has 18 heavy (non-hydrogen) atoms. The van der Waals surface area contributed by atoms with Gasteiger partial charge in [0.1, 0.15) is 0 Å². The van der Waals surface area contributed by atoms with E-state index in [0.717, 1.165) is 13.1 Å². The summed E-state index contributed by atoms with van der Waals surface area (Å²) in [6.45, 7) is 7.96. The number of hydrogen-bond donors (Lipinski definition) is 2. The molecule has 0 saturated carbocycles. The molecule has 1 unspecified atom stereocenters. The summed E-state index contributed by atoms with van der Waals surface area (Å²) in [7, 11) is 2.06. The minimum Gasteiger partial charge on any atom is -0.314 e. The topological polar surface area (TPSA) is 27.3 Å². The molecule has 1 aliphatic heterocycles. The molecule has 2 rings (SSSR count). The normalized spacial score (nSPS) is 18.8. The molecule has 0 aromatic heterocycles. The molecule has 1 fully saturated rings. The van der Waals surface area contributed by atoms with Crippen molar-refractivity contribution in [1.82, 2.24) is 15.5 Å². The quantitative estimate of drug-likeness (QED) is 0.827. The number of hydrogen-bond acceptors (Lipinski definition) is 3. The van der Waals surface area contributed by atoms with Crippen LogP contribution in [0.1, 0.15) is 23.6 Å². The Morgan fingerprint density at radius 1 is 1.22 bits per heavy atom. The van der Waals surface area contributed by atoms with Crippen molar-refractivity contribution in [2.45, 2.75) is 19.4 Å². The van der Waals surface area contributed by atoms with Crippen molar-refractivity contribution in [1.29, 1.82) is 0 Å². The van der Waals surface area contributed by atoms with Crippen LogP contribution in [0.15, 0.2) is 24.3 Å². The highest BCUT2D eigenvalue weighted by Crippen LogP contribution is 2.17. The summed E-state index contributed by atoms with van der Waals surface area (Å²) in [5.74, 6) is 0. The van der Waals surface area contributed by atoms with Crippen LogP contribution in [-0.4, -0.2) is 44.7 Å². The molecule has 0 radical (unpaired) electrons. The molecular formula is C15H25N3. The molecule has 2 N–H and O–H groups in total. The molecule has 0 amide bonds. The Morgan fingerprint density at radius 2 is 1.89 bits per heavy atom. The van der Waals surface area contributed by atoms with Crippen LogP contribution in [0.5, 0.6) is 0 Å². The lowest BCUT2D eigenvalue weighted by molar-refractivity contribution is 0.229. The molecule has 0 spiro atoms. The van der Waals surface area contributed by atoms with Gasteiger partial charge in [-0.3, -0.25) is 0 Å². The second-order valence-corrected chi connectivity index (χ2v) is 5.13. The lowest BCUT2D eigenvalue weighted by atomic mass is 10.0. The summed E-state index contributed by atoms with van der Waals surface area (Å²) in [6, 6.07) is 9.36. The zero-order chi connectivity index (χ0) is 12.8. The van der Waals surface area contributed by atoms with Crippen LogP contribution in [0.25, 0.3) is 0 Å². The third-order valence-corrected chi connectivity index (χ3v) is 3.77. The van der Waals surface area contributed by atoms with Crippen LogP contribution >= 0.6 is 0 Å². The fourth-order valence-corrected chi connectivity index (χ4v) is 2.52. The molecule has 0 aliphatic carbocycles. The number of nitrogens with one attached hydrogen (secondary N) is 2. The van der Waals surface area contributed by atoms with Crippen LogP contribution in [0.3, 0.4) is 0 Å². The van der Waals surface area contributed by atoms with Gasteiger partial charge < -0.3 is 15.5 Å². The summed E-state index contributed by atoms with van der Waals surface area (Å²) < 4.78 is 0. The van der Waals surface area contributed by atoms with E-state index in [-0.39, 0.29) is 0 Å². The van der Waals surface area contributed by atoms with E-state index in [0.29, 0.717) is 6.04 Å². The Bertz CT molecular complexity index is 341. The van der Waals surface area contributed by atoms with E-state index in [9.17, 15) is 0 Å². The fourth-order valence-electron chi connectivity index (χ4n) is 2.52. The van der Waals surface area contributed by atoms with E-state index in [1.165, 1.54) is 37.2 Å². The first-order valence-electron chi connectivity index (χ1n) is 6.96. The minimum atomic E-state index is 0.473. The predicted octanol–water partition coefficient (Wildman–Crippen LogP) is 1.55. The van der Waals surface area contributed by atoms with Crippen LogP contribution in [0.4, 0.5) is 0 Å². The van der Waals surface area contributed by atoms with Crippen molar-refractivity contribution in [3.63, 3.8) is 0 Å². The fraction of sp³-hybridized carbons (Fsp3) is 0.600. The van der Waals surface area contributed by atoms with E-state index < -0.39 is 0 Å². The second-order valence-electron chi connectivity index (χ2n) is 5.13. The van der Waals surface area contributed by atoms with E-state index in [2.05, 4.69) is 53.8 Å². The van der Waals surface area contributed by atoms with Gasteiger partial charge in [0.05, 0.1) is 0 Å². The third-order valence-electron chi connectivity index (χ3n) is 3.77. The van der Waals surface area contributed by atoms with Gasteiger partial charge in [0, 0.05) is 38.8 Å². The number of aryl methyl sites for hydroxylation is 1. The summed E-state index contributed by atoms with van der Waals surface area (Å²) >= 11 is 0. The summed E-state index contributed by atoms with van der Waals surface area (Å²) in [6.07, 6.45) is 1.18. The zero-order valence-electron chi connectivity index (χ0n) is 11.6. The molecular weight excluding hydrogens is 222 g/mol. The summed E-state index contributed by atoms with van der Waals surface area (Å²) in [5, 5.41) is 6.83. The molecule has 1 atom stereocenters. The predicted molar refractivity (Wildman–Crippen MR) is 76.9 cm³/mol. The number of nitrogens with zero attached hydrogens (tertiary/aromatic N) is 1. The Kier molecular flexibility index (Phi) is 5.17. The van der Waals surface area contributed by atoms with Crippen molar-refractivity contribution in [3.8, 4) is 0 Å². The SMILES string of the molecule is CNC(CCN1CCNCC1)c1ccc(C)cc1. The molecule has 3 nitrogen and oxygen atoms in total. The van der Waals surface area contributed by atoms with Gasteiger partial charge >= 0.3 is 0 Å². The highest BCUT2D eigenvalue weighted by Gasteiger charge is 2.13. The lowest BCUT2D eigenvalue weighted by Crippen LogP contribution is -2.44. The van der Waals surface area contributed by atoms with Crippen molar-refractivity contribution in [3.05, 3.63) is 35.4 Å². The van der Waals surface area contributed by atoms with Gasteiger partial charge in [-0.05, 0) is 26.0 Å². The Balaban J connectivity index is 1.86. The minimum absolute atomic E-state index is 0.473. The van der Waals surface area contributed by atoms with Crippen LogP contribution in [0, 0.1) is 6.92 Å². The maximum atomic E-state index is 3.44. The monoisotopic (exact) mass is 247 g/mol. The van der Waals surface area contributed by atoms with Gasteiger partial charge in [-0.1, -0.05) is 29.8 Å². The number of benzene rings is 1. The maximum Gasteiger partial charge on any atom is 0.0329 e. The number of piperazine rings is 1. The largest absolute Gasteiger partial charge is 0.314 e. The number of rotatable bonds is 5. The highest BCUT2D eigenvalue weighted by molar-refractivity contribution is 5.24. The lowest BCUT2D eigenvalue weighted by Gasteiger charge is -2.29. The zero-order valence-corrected chi connectivity index (χ0v) is 11.6. The van der Waals surface area contributed by atoms with E-state index >= 15 is 0 Å². The smallest absolute Gasteiger partial charge is 0.0329 e. The maximum absolute atomic E-state index is 3.44. The first-order valence-corrected chi connectivity index (χ1v) is 6.96. The van der Waals surface area contributed by atoms with Gasteiger partial charge in [-0.2, -0.15) is 0 Å². The van der Waals surface area contributed by atoms with Gasteiger partial charge in [-0.15, -0.1) is 0 Å². The van der Waals surface area contributed by atoms with E-state index in [4.69, 9.17) is 0 Å². The third kappa shape index (κ3) is 3.80. The van der Waals surface area contributed by atoms with Gasteiger partial charge in [0.15, 0.2) is 0 Å². The van der Waals surface area contributed by atoms with Crippen LogP contribution < -0.4 is 10.6 Å². The van der Waals surface area contributed by atoms with Gasteiger partial charge in [0.2, 0.25) is 0 Å². The van der Waals surface area contributed by atoms with Crippen LogP contribution in [-0.2, 0) is 0 Å². The summed E-state index contributed by atoms with van der Waals surface area (Å²) in [4.78, 5) is 2.55. The highest BCUT2D eigenvalue weighted by atomic mass is 15.2. The molecule has 0 bridgehead atoms. The van der Waals surface area contributed by atoms with E-state index in [1.807, 2.05) is 0 Å². The molecule has 1 aromatic carbocycles. The molecule has 3 heteroatoms. The molecule has 1 aliphatic rings. The average molecular weight is 247 g/mol. The first kappa shape index (κ1) is 13.5. The van der Waals surface area contributed by atoms with Crippen LogP contribution in [0.2, 0.25) is 0 Å². The average Bonchev–Trinajstić information content (AvgIpc) is 2.42. The van der Waals surface area contributed by atoms with Crippen molar-refractivity contribution in [2.24, 2.45) is 0 Å². The Labute approximate surface area is 111 Å². The second kappa shape index (κ2) is 6.88. The van der Waals surface area contributed by atoms with Crippen molar-refractivity contribution in [2.75, 3.05) is 39.8 Å². The van der Waals surface area contributed by atoms with Crippen molar-refractivity contribution < 1.29 is 0 Å². The molecule has 1 aromatic rings. The Morgan fingerprint density at radius 3 is 2.50 bits per heavy atom. The standard InChI is InChI=1S/C15H25N3/c1-13-3-5-14(6-4-13)15(16-2)7-10-18-11-8-17-9-12-18/h3-6,15-17H,7-12H2,1-2H3. The molecule has 1 saturated heterocycles. The van der Waals surface area contributed by atoms with Gasteiger partial charge in [0.25, 0.3) is 0 Å². The van der Waals surface area contributed by atoms with Gasteiger partial charge in [-0.25, -0.2) is 0 Å². The Hall–Kier alpha value is -0.900. The van der Waals surface area contributed by atoms with E-state index in [1.54, 1.807) is 0 Å². The molecule has 100 valence electrons. The molecule has 1 heterocycles. The summed E-state index contributed by atoms with van der Waals surface area (Å²) in [5.41, 5.74) is 2.73.